The van der Waals surface area contributed by atoms with Crippen molar-refractivity contribution in [3.63, 3.8) is 0 Å². The van der Waals surface area contributed by atoms with Crippen molar-refractivity contribution in [1.29, 1.82) is 0 Å². The van der Waals surface area contributed by atoms with Gasteiger partial charge >= 0.3 is 0 Å². The summed E-state index contributed by atoms with van der Waals surface area (Å²) in [4.78, 5) is 0. The van der Waals surface area contributed by atoms with Crippen LogP contribution in [0.4, 0.5) is 8.78 Å². The Balaban J connectivity index is 1.31. The van der Waals surface area contributed by atoms with Crippen molar-refractivity contribution in [3.8, 4) is 22.6 Å². The molecule has 0 saturated heterocycles. The molecule has 1 aliphatic heterocycles. The SMILES string of the molecule is CCOCCOCCOc1ccc(C2(c3ccccc3)C=Cc3c4c(c5ccc(F)cc5c3O2)-c2ccc(F)cc2C4(C)C)cc1. The van der Waals surface area contributed by atoms with E-state index < -0.39 is 11.0 Å². The number of rotatable bonds is 10. The van der Waals surface area contributed by atoms with Crippen molar-refractivity contribution in [2.45, 2.75) is 31.8 Å². The lowest BCUT2D eigenvalue weighted by Crippen LogP contribution is -2.35. The van der Waals surface area contributed by atoms with Crippen molar-refractivity contribution in [2.24, 2.45) is 0 Å². The maximum Gasteiger partial charge on any atom is 0.178 e. The molecule has 46 heavy (non-hydrogen) atoms. The third kappa shape index (κ3) is 5.06. The molecule has 0 N–H and O–H groups in total. The van der Waals surface area contributed by atoms with Crippen LogP contribution in [-0.2, 0) is 20.5 Å². The zero-order valence-electron chi connectivity index (χ0n) is 26.2. The molecule has 2 aliphatic rings. The van der Waals surface area contributed by atoms with Crippen molar-refractivity contribution < 1.29 is 27.7 Å². The fourth-order valence-corrected chi connectivity index (χ4v) is 6.97. The van der Waals surface area contributed by atoms with Crippen molar-refractivity contribution in [2.75, 3.05) is 33.0 Å². The van der Waals surface area contributed by atoms with Gasteiger partial charge in [0.1, 0.15) is 29.7 Å². The maximum absolute atomic E-state index is 15.0. The minimum absolute atomic E-state index is 0.278. The first-order valence-electron chi connectivity index (χ1n) is 15.8. The Bertz CT molecular complexity index is 1930. The molecule has 4 nitrogen and oxygen atoms in total. The Morgan fingerprint density at radius 3 is 2.20 bits per heavy atom. The van der Waals surface area contributed by atoms with Crippen LogP contribution in [0.1, 0.15) is 48.6 Å². The summed E-state index contributed by atoms with van der Waals surface area (Å²) in [6.07, 6.45) is 4.18. The van der Waals surface area contributed by atoms with Crippen LogP contribution in [0.25, 0.3) is 28.0 Å². The summed E-state index contributed by atoms with van der Waals surface area (Å²) in [5, 5.41) is 1.55. The van der Waals surface area contributed by atoms with Crippen LogP contribution < -0.4 is 9.47 Å². The van der Waals surface area contributed by atoms with Crippen molar-refractivity contribution in [3.05, 3.63) is 137 Å². The zero-order valence-corrected chi connectivity index (χ0v) is 26.2. The van der Waals surface area contributed by atoms with Gasteiger partial charge in [0.15, 0.2) is 5.60 Å². The summed E-state index contributed by atoms with van der Waals surface area (Å²) in [6, 6.07) is 27.7. The van der Waals surface area contributed by atoms with E-state index in [2.05, 4.69) is 26.0 Å². The van der Waals surface area contributed by atoms with E-state index in [0.717, 1.165) is 50.1 Å². The van der Waals surface area contributed by atoms with Gasteiger partial charge in [0.25, 0.3) is 0 Å². The highest BCUT2D eigenvalue weighted by molar-refractivity contribution is 6.08. The molecule has 0 amide bonds. The van der Waals surface area contributed by atoms with Crippen molar-refractivity contribution in [1.82, 2.24) is 0 Å². The Morgan fingerprint density at radius 1 is 0.717 bits per heavy atom. The number of halogens is 2. The minimum Gasteiger partial charge on any atom is -0.491 e. The van der Waals surface area contributed by atoms with Gasteiger partial charge in [-0.25, -0.2) is 8.78 Å². The van der Waals surface area contributed by atoms with Crippen LogP contribution in [0.3, 0.4) is 0 Å². The molecule has 1 heterocycles. The number of hydrogen-bond acceptors (Lipinski definition) is 4. The molecule has 0 fully saturated rings. The monoisotopic (exact) mass is 618 g/mol. The highest BCUT2D eigenvalue weighted by Crippen LogP contribution is 2.58. The lowest BCUT2D eigenvalue weighted by Gasteiger charge is -2.38. The summed E-state index contributed by atoms with van der Waals surface area (Å²) in [7, 11) is 0. The molecule has 0 bridgehead atoms. The molecule has 1 unspecified atom stereocenters. The quantitative estimate of drug-likeness (QED) is 0.146. The zero-order chi connectivity index (χ0) is 31.9. The van der Waals surface area contributed by atoms with Gasteiger partial charge in [-0.2, -0.15) is 0 Å². The van der Waals surface area contributed by atoms with E-state index in [4.69, 9.17) is 18.9 Å². The molecular formula is C40H36F2O4. The maximum atomic E-state index is 15.0. The summed E-state index contributed by atoms with van der Waals surface area (Å²) in [5.41, 5.74) is 5.12. The van der Waals surface area contributed by atoms with E-state index in [1.54, 1.807) is 12.1 Å². The van der Waals surface area contributed by atoms with E-state index >= 15 is 0 Å². The Hall–Kier alpha value is -4.52. The summed E-state index contributed by atoms with van der Waals surface area (Å²) < 4.78 is 53.6. The second kappa shape index (κ2) is 12.0. The molecule has 1 aliphatic carbocycles. The second-order valence-corrected chi connectivity index (χ2v) is 12.2. The van der Waals surface area contributed by atoms with Gasteiger partial charge in [0, 0.05) is 34.1 Å². The first-order valence-corrected chi connectivity index (χ1v) is 15.8. The summed E-state index contributed by atoms with van der Waals surface area (Å²) in [5.74, 6) is 0.696. The van der Waals surface area contributed by atoms with Crippen LogP contribution in [0.5, 0.6) is 11.5 Å². The Labute approximate surface area is 268 Å². The summed E-state index contributed by atoms with van der Waals surface area (Å²) >= 11 is 0. The molecule has 0 aromatic heterocycles. The summed E-state index contributed by atoms with van der Waals surface area (Å²) in [6.45, 7) is 8.84. The average molecular weight is 619 g/mol. The van der Waals surface area contributed by atoms with Crippen LogP contribution in [0.15, 0.2) is 97.1 Å². The molecule has 5 aromatic carbocycles. The lowest BCUT2D eigenvalue weighted by molar-refractivity contribution is 0.0405. The van der Waals surface area contributed by atoms with E-state index in [0.29, 0.717) is 44.2 Å². The molecule has 7 rings (SSSR count). The van der Waals surface area contributed by atoms with Gasteiger partial charge in [-0.1, -0.05) is 74.5 Å². The Morgan fingerprint density at radius 2 is 1.41 bits per heavy atom. The molecule has 1 atom stereocenters. The topological polar surface area (TPSA) is 36.9 Å². The van der Waals surface area contributed by atoms with Crippen LogP contribution in [0, 0.1) is 11.6 Å². The predicted molar refractivity (Wildman–Crippen MR) is 178 cm³/mol. The molecule has 234 valence electrons. The second-order valence-electron chi connectivity index (χ2n) is 12.2. The van der Waals surface area contributed by atoms with Gasteiger partial charge in [-0.05, 0) is 77.0 Å². The van der Waals surface area contributed by atoms with Gasteiger partial charge in [-0.15, -0.1) is 0 Å². The van der Waals surface area contributed by atoms with Crippen LogP contribution in [-0.4, -0.2) is 33.0 Å². The van der Waals surface area contributed by atoms with E-state index in [-0.39, 0.29) is 11.6 Å². The number of hydrogen-bond donors (Lipinski definition) is 0. The van der Waals surface area contributed by atoms with Crippen LogP contribution >= 0.6 is 0 Å². The van der Waals surface area contributed by atoms with Gasteiger partial charge in [0.2, 0.25) is 0 Å². The van der Waals surface area contributed by atoms with Gasteiger partial charge in [-0.3, -0.25) is 0 Å². The lowest BCUT2D eigenvalue weighted by atomic mass is 9.77. The normalized spacial score (nSPS) is 17.3. The van der Waals surface area contributed by atoms with Gasteiger partial charge < -0.3 is 18.9 Å². The van der Waals surface area contributed by atoms with E-state index in [1.165, 1.54) is 12.1 Å². The Kier molecular flexibility index (Phi) is 7.87. The number of ether oxygens (including phenoxy) is 4. The predicted octanol–water partition coefficient (Wildman–Crippen LogP) is 9.21. The fraction of sp³-hybridized carbons (Fsp3) is 0.250. The molecule has 0 saturated carbocycles. The first-order chi connectivity index (χ1) is 22.3. The largest absolute Gasteiger partial charge is 0.491 e. The molecule has 0 spiro atoms. The third-order valence-electron chi connectivity index (χ3n) is 9.11. The molecular weight excluding hydrogens is 582 g/mol. The molecule has 0 radical (unpaired) electrons. The third-order valence-corrected chi connectivity index (χ3v) is 9.11. The number of fused-ring (bicyclic) bond motifs is 8. The highest BCUT2D eigenvalue weighted by Gasteiger charge is 2.44. The van der Waals surface area contributed by atoms with Crippen molar-refractivity contribution >= 4 is 16.8 Å². The highest BCUT2D eigenvalue weighted by atomic mass is 19.1. The standard InChI is InChI=1S/C40H36F2O4/c1-4-43-20-21-44-22-23-45-30-14-10-27(11-15-30)40(26-8-6-5-7-9-26)19-18-33-37-36(31-16-12-28(41)24-34(31)38(33)46-40)32-17-13-29(42)25-35(32)39(37,2)3/h5-19,24-25H,4,20-23H2,1-3H3. The average Bonchev–Trinajstić information content (AvgIpc) is 3.30. The smallest absolute Gasteiger partial charge is 0.178 e. The number of benzene rings is 5. The van der Waals surface area contributed by atoms with E-state index in [1.807, 2.05) is 73.7 Å². The fourth-order valence-electron chi connectivity index (χ4n) is 6.97. The minimum atomic E-state index is -0.996. The van der Waals surface area contributed by atoms with E-state index in [9.17, 15) is 8.78 Å². The molecule has 5 aromatic rings. The van der Waals surface area contributed by atoms with Crippen LogP contribution in [0.2, 0.25) is 0 Å². The van der Waals surface area contributed by atoms with Gasteiger partial charge in [0.05, 0.1) is 19.8 Å². The first kappa shape index (κ1) is 30.2. The molecule has 6 heteroatoms.